The van der Waals surface area contributed by atoms with Gasteiger partial charge in [-0.1, -0.05) is 12.2 Å². The van der Waals surface area contributed by atoms with Crippen molar-refractivity contribution >= 4 is 10.2 Å². The minimum absolute atomic E-state index is 0.0900. The van der Waals surface area contributed by atoms with E-state index in [0.29, 0.717) is 18.5 Å². The van der Waals surface area contributed by atoms with Gasteiger partial charge < -0.3 is 9.88 Å². The van der Waals surface area contributed by atoms with Gasteiger partial charge in [-0.25, -0.2) is 4.98 Å². The number of aromatic amines is 1. The summed E-state index contributed by atoms with van der Waals surface area (Å²) in [6, 6.07) is 0. The molecule has 8 nitrogen and oxygen atoms in total. The number of H-pyrrole nitrogens is 1. The molecule has 2 aliphatic heterocycles. The molecule has 0 amide bonds. The van der Waals surface area contributed by atoms with Crippen molar-refractivity contribution in [1.82, 2.24) is 23.5 Å². The monoisotopic (exact) mass is 435 g/mol. The second-order valence-corrected chi connectivity index (χ2v) is 11.1. The Balaban J connectivity index is 1.41. The molecule has 1 fully saturated rings. The second-order valence-electron chi connectivity index (χ2n) is 8.98. The van der Waals surface area contributed by atoms with Crippen LogP contribution in [-0.4, -0.2) is 72.2 Å². The van der Waals surface area contributed by atoms with Crippen LogP contribution in [0.4, 0.5) is 0 Å². The lowest BCUT2D eigenvalue weighted by Gasteiger charge is -2.34. The van der Waals surface area contributed by atoms with Gasteiger partial charge in [0, 0.05) is 46.1 Å². The fraction of sp³-hybridized carbons (Fsp3) is 0.714. The first-order chi connectivity index (χ1) is 14.3. The first-order valence-corrected chi connectivity index (χ1v) is 12.4. The SMILES string of the molecule is CN(C)S(=O)(=O)N1CCc2nc(C3CCN(C[C@H]4CC=CCC4)CC3)[nH]c(=O)c2C1. The molecule has 0 aromatic carbocycles. The first-order valence-electron chi connectivity index (χ1n) is 11.0. The topological polar surface area (TPSA) is 89.6 Å². The van der Waals surface area contributed by atoms with E-state index in [1.807, 2.05) is 0 Å². The summed E-state index contributed by atoms with van der Waals surface area (Å²) < 4.78 is 27.3. The van der Waals surface area contributed by atoms with E-state index in [4.69, 9.17) is 4.98 Å². The number of allylic oxidation sites excluding steroid dienone is 2. The van der Waals surface area contributed by atoms with E-state index in [1.54, 1.807) is 0 Å². The molecule has 1 aromatic rings. The number of hydrogen-bond donors (Lipinski definition) is 1. The van der Waals surface area contributed by atoms with Crippen LogP contribution in [0.3, 0.4) is 0 Å². The van der Waals surface area contributed by atoms with Gasteiger partial charge in [0.1, 0.15) is 5.82 Å². The van der Waals surface area contributed by atoms with Gasteiger partial charge in [-0.3, -0.25) is 4.79 Å². The van der Waals surface area contributed by atoms with Crippen molar-refractivity contribution in [1.29, 1.82) is 0 Å². The van der Waals surface area contributed by atoms with Crippen LogP contribution >= 0.6 is 0 Å². The van der Waals surface area contributed by atoms with Gasteiger partial charge in [-0.05, 0) is 51.1 Å². The average Bonchev–Trinajstić information content (AvgIpc) is 2.74. The lowest BCUT2D eigenvalue weighted by Crippen LogP contribution is -2.45. The van der Waals surface area contributed by atoms with Crippen LogP contribution in [0.5, 0.6) is 0 Å². The quantitative estimate of drug-likeness (QED) is 0.708. The molecule has 3 aliphatic rings. The van der Waals surface area contributed by atoms with Crippen molar-refractivity contribution in [3.05, 3.63) is 39.6 Å². The van der Waals surface area contributed by atoms with Gasteiger partial charge in [0.2, 0.25) is 0 Å². The Hall–Kier alpha value is -1.55. The number of likely N-dealkylation sites (tertiary alicyclic amines) is 1. The molecule has 4 rings (SSSR count). The van der Waals surface area contributed by atoms with Crippen LogP contribution in [0.1, 0.15) is 55.1 Å². The zero-order chi connectivity index (χ0) is 21.3. The zero-order valence-electron chi connectivity index (χ0n) is 18.0. The van der Waals surface area contributed by atoms with Gasteiger partial charge in [0.15, 0.2) is 0 Å². The number of aromatic nitrogens is 2. The minimum atomic E-state index is -3.53. The zero-order valence-corrected chi connectivity index (χ0v) is 18.8. The molecule has 166 valence electrons. The number of nitrogens with one attached hydrogen (secondary N) is 1. The molecule has 1 aliphatic carbocycles. The number of nitrogens with zero attached hydrogens (tertiary/aromatic N) is 4. The number of rotatable bonds is 5. The van der Waals surface area contributed by atoms with E-state index in [1.165, 1.54) is 48.5 Å². The summed E-state index contributed by atoms with van der Waals surface area (Å²) in [6.07, 6.45) is 10.8. The fourth-order valence-corrected chi connectivity index (χ4v) is 5.89. The largest absolute Gasteiger partial charge is 0.310 e. The normalized spacial score (nSPS) is 24.3. The third kappa shape index (κ3) is 4.54. The number of fused-ring (bicyclic) bond motifs is 1. The van der Waals surface area contributed by atoms with Crippen molar-refractivity contribution in [3.8, 4) is 0 Å². The second kappa shape index (κ2) is 8.90. The van der Waals surface area contributed by atoms with Crippen molar-refractivity contribution in [2.24, 2.45) is 5.92 Å². The summed E-state index contributed by atoms with van der Waals surface area (Å²) in [5, 5.41) is 0. The van der Waals surface area contributed by atoms with Crippen LogP contribution < -0.4 is 5.56 Å². The van der Waals surface area contributed by atoms with Gasteiger partial charge in [-0.15, -0.1) is 0 Å². The molecule has 0 unspecified atom stereocenters. The Morgan fingerprint density at radius 3 is 2.60 bits per heavy atom. The van der Waals surface area contributed by atoms with Crippen molar-refractivity contribution in [2.45, 2.75) is 51.0 Å². The van der Waals surface area contributed by atoms with Crippen LogP contribution in [0, 0.1) is 5.92 Å². The summed E-state index contributed by atoms with van der Waals surface area (Å²) in [4.78, 5) is 23.1. The van der Waals surface area contributed by atoms with E-state index in [0.717, 1.165) is 43.4 Å². The average molecular weight is 436 g/mol. The lowest BCUT2D eigenvalue weighted by atomic mass is 9.91. The minimum Gasteiger partial charge on any atom is -0.310 e. The Morgan fingerprint density at radius 2 is 1.93 bits per heavy atom. The molecule has 0 radical (unpaired) electrons. The maximum atomic E-state index is 12.7. The molecule has 1 saturated heterocycles. The molecule has 9 heteroatoms. The highest BCUT2D eigenvalue weighted by molar-refractivity contribution is 7.86. The molecule has 1 atom stereocenters. The third-order valence-electron chi connectivity index (χ3n) is 6.71. The highest BCUT2D eigenvalue weighted by atomic mass is 32.2. The standard InChI is InChI=1S/C21H33N5O3S/c1-24(2)30(28,29)26-13-10-19-18(15-26)21(27)23-20(22-19)17-8-11-25(12-9-17)14-16-6-4-3-5-7-16/h3-4,16-17H,5-15H2,1-2H3,(H,22,23,27)/t16-/m0/s1. The Bertz CT molecular complexity index is 948. The molecule has 30 heavy (non-hydrogen) atoms. The van der Waals surface area contributed by atoms with Crippen LogP contribution in [-0.2, 0) is 23.2 Å². The fourth-order valence-electron chi connectivity index (χ4n) is 4.82. The van der Waals surface area contributed by atoms with Gasteiger partial charge in [-0.2, -0.15) is 17.0 Å². The Labute approximate surface area is 179 Å². The molecule has 0 spiro atoms. The van der Waals surface area contributed by atoms with E-state index in [2.05, 4.69) is 22.0 Å². The van der Waals surface area contributed by atoms with Crippen LogP contribution in [0.2, 0.25) is 0 Å². The molecule has 1 aromatic heterocycles. The van der Waals surface area contributed by atoms with Crippen LogP contribution in [0.25, 0.3) is 0 Å². The lowest BCUT2D eigenvalue weighted by molar-refractivity contribution is 0.175. The van der Waals surface area contributed by atoms with E-state index in [-0.39, 0.29) is 18.0 Å². The van der Waals surface area contributed by atoms with Crippen molar-refractivity contribution in [2.75, 3.05) is 40.3 Å². The van der Waals surface area contributed by atoms with Gasteiger partial charge >= 0.3 is 0 Å². The molecule has 0 bridgehead atoms. The first kappa shape index (κ1) is 21.7. The van der Waals surface area contributed by atoms with Gasteiger partial charge in [0.25, 0.3) is 15.8 Å². The van der Waals surface area contributed by atoms with Crippen molar-refractivity contribution in [3.63, 3.8) is 0 Å². The maximum absolute atomic E-state index is 12.7. The van der Waals surface area contributed by atoms with E-state index in [9.17, 15) is 13.2 Å². The molecule has 0 saturated carbocycles. The van der Waals surface area contributed by atoms with Gasteiger partial charge in [0.05, 0.1) is 11.3 Å². The summed E-state index contributed by atoms with van der Waals surface area (Å²) in [5.74, 6) is 1.83. The molecule has 1 N–H and O–H groups in total. The summed E-state index contributed by atoms with van der Waals surface area (Å²) in [7, 11) is -0.517. The number of hydrogen-bond acceptors (Lipinski definition) is 5. The third-order valence-corrected chi connectivity index (χ3v) is 8.60. The molecular weight excluding hydrogens is 402 g/mol. The maximum Gasteiger partial charge on any atom is 0.281 e. The summed E-state index contributed by atoms with van der Waals surface area (Å²) in [6.45, 7) is 3.70. The van der Waals surface area contributed by atoms with E-state index < -0.39 is 10.2 Å². The smallest absolute Gasteiger partial charge is 0.281 e. The Morgan fingerprint density at radius 1 is 1.17 bits per heavy atom. The van der Waals surface area contributed by atoms with E-state index >= 15 is 0 Å². The predicted molar refractivity (Wildman–Crippen MR) is 116 cm³/mol. The summed E-state index contributed by atoms with van der Waals surface area (Å²) in [5.41, 5.74) is 1.05. The van der Waals surface area contributed by atoms with Crippen LogP contribution in [0.15, 0.2) is 16.9 Å². The highest BCUT2D eigenvalue weighted by Gasteiger charge is 2.32. The Kier molecular flexibility index (Phi) is 6.43. The number of piperidine rings is 1. The molecule has 3 heterocycles. The molecular formula is C21H33N5O3S. The summed E-state index contributed by atoms with van der Waals surface area (Å²) >= 11 is 0. The predicted octanol–water partition coefficient (Wildman–Crippen LogP) is 1.47. The highest BCUT2D eigenvalue weighted by Crippen LogP contribution is 2.28. The van der Waals surface area contributed by atoms with Crippen molar-refractivity contribution < 1.29 is 8.42 Å².